The van der Waals surface area contributed by atoms with Crippen molar-refractivity contribution in [1.29, 1.82) is 0 Å². The number of aromatic amines is 1. The Bertz CT molecular complexity index is 1160. The number of hydrogen-bond acceptors (Lipinski definition) is 6. The minimum Gasteiger partial charge on any atom is -0.497 e. The number of carbonyl (C=O) groups is 4. The Balaban J connectivity index is 1.48. The maximum Gasteiger partial charge on any atom is 0.328 e. The molecule has 1 aliphatic heterocycles. The number of rotatable bonds is 10. The molecule has 1 saturated carbocycles. The van der Waals surface area contributed by atoms with Crippen molar-refractivity contribution in [2.75, 3.05) is 20.8 Å². The molecule has 4 rings (SSSR count). The van der Waals surface area contributed by atoms with Gasteiger partial charge in [0.2, 0.25) is 11.8 Å². The number of amides is 3. The molecule has 3 atom stereocenters. The van der Waals surface area contributed by atoms with Crippen LogP contribution in [0.3, 0.4) is 0 Å². The van der Waals surface area contributed by atoms with Crippen LogP contribution in [-0.2, 0) is 19.1 Å². The third-order valence-corrected chi connectivity index (χ3v) is 7.04. The lowest BCUT2D eigenvalue weighted by atomic mass is 9.91. The van der Waals surface area contributed by atoms with E-state index in [4.69, 9.17) is 21.1 Å². The highest BCUT2D eigenvalue weighted by atomic mass is 35.5. The first-order chi connectivity index (χ1) is 17.3. The number of ether oxygens (including phenoxy) is 2. The number of H-pyrrole nitrogens is 1. The lowest BCUT2D eigenvalue weighted by Gasteiger charge is -2.27. The highest BCUT2D eigenvalue weighted by Crippen LogP contribution is 2.34. The van der Waals surface area contributed by atoms with Gasteiger partial charge in [-0.2, -0.15) is 0 Å². The monoisotopic (exact) mass is 518 g/mol. The summed E-state index contributed by atoms with van der Waals surface area (Å²) in [5.41, 5.74) is 0.833. The van der Waals surface area contributed by atoms with E-state index in [0.29, 0.717) is 47.0 Å². The van der Waals surface area contributed by atoms with Gasteiger partial charge in [-0.3, -0.25) is 14.4 Å². The molecule has 194 valence electrons. The molecule has 0 spiro atoms. The second-order valence-electron chi connectivity index (χ2n) is 9.41. The maximum absolute atomic E-state index is 13.3. The Morgan fingerprint density at radius 3 is 2.53 bits per heavy atom. The summed E-state index contributed by atoms with van der Waals surface area (Å²) in [6, 6.07) is 3.20. The van der Waals surface area contributed by atoms with Crippen molar-refractivity contribution in [3.05, 3.63) is 28.9 Å². The van der Waals surface area contributed by atoms with Crippen LogP contribution in [-0.4, -0.2) is 61.5 Å². The number of halogens is 1. The summed E-state index contributed by atoms with van der Waals surface area (Å²) in [6.07, 6.45) is 3.97. The maximum atomic E-state index is 13.3. The van der Waals surface area contributed by atoms with Gasteiger partial charge in [-0.25, -0.2) is 4.79 Å². The number of aromatic nitrogens is 1. The van der Waals surface area contributed by atoms with Gasteiger partial charge in [0.15, 0.2) is 0 Å². The Hall–Kier alpha value is -3.27. The molecule has 4 N–H and O–H groups in total. The average Bonchev–Trinajstić information content (AvgIpc) is 3.58. The molecule has 1 aliphatic carbocycles. The number of esters is 1. The van der Waals surface area contributed by atoms with E-state index < -0.39 is 35.8 Å². The van der Waals surface area contributed by atoms with E-state index in [1.54, 1.807) is 18.2 Å². The van der Waals surface area contributed by atoms with Crippen LogP contribution in [0.2, 0.25) is 5.02 Å². The predicted octanol–water partition coefficient (Wildman–Crippen LogP) is 2.30. The Kier molecular flexibility index (Phi) is 8.03. The fourth-order valence-corrected chi connectivity index (χ4v) is 4.81. The van der Waals surface area contributed by atoms with Gasteiger partial charge in [-0.15, -0.1) is 0 Å². The number of benzene rings is 1. The number of piperidine rings is 1. The molecule has 1 aromatic heterocycles. The lowest BCUT2D eigenvalue weighted by molar-refractivity contribution is -0.146. The molecule has 2 aromatic rings. The first-order valence-corrected chi connectivity index (χ1v) is 12.5. The number of carbonyl (C=O) groups excluding carboxylic acids is 4. The molecule has 11 heteroatoms. The fourth-order valence-electron chi connectivity index (χ4n) is 4.54. The molecular formula is C25H31ClN4O6. The summed E-state index contributed by atoms with van der Waals surface area (Å²) in [7, 11) is 2.77. The second-order valence-corrected chi connectivity index (χ2v) is 9.82. The first-order valence-electron chi connectivity index (χ1n) is 12.1. The zero-order valence-corrected chi connectivity index (χ0v) is 21.1. The molecule has 10 nitrogen and oxygen atoms in total. The molecule has 2 fully saturated rings. The van der Waals surface area contributed by atoms with Crippen molar-refractivity contribution < 1.29 is 28.7 Å². The molecule has 0 radical (unpaired) electrons. The Labute approximate surface area is 213 Å². The van der Waals surface area contributed by atoms with Crippen LogP contribution < -0.4 is 20.7 Å². The largest absolute Gasteiger partial charge is 0.497 e. The van der Waals surface area contributed by atoms with E-state index >= 15 is 0 Å². The zero-order chi connectivity index (χ0) is 25.8. The summed E-state index contributed by atoms with van der Waals surface area (Å²) in [6.45, 7) is 0.603. The van der Waals surface area contributed by atoms with Gasteiger partial charge in [0.05, 0.1) is 24.8 Å². The van der Waals surface area contributed by atoms with Crippen molar-refractivity contribution in [2.24, 2.45) is 11.8 Å². The van der Waals surface area contributed by atoms with Gasteiger partial charge in [-0.1, -0.05) is 24.4 Å². The van der Waals surface area contributed by atoms with Gasteiger partial charge in [0.25, 0.3) is 5.91 Å². The van der Waals surface area contributed by atoms with Gasteiger partial charge < -0.3 is 30.4 Å². The molecule has 1 aromatic carbocycles. The summed E-state index contributed by atoms with van der Waals surface area (Å²) in [5.74, 6) is -1.24. The Morgan fingerprint density at radius 2 is 1.86 bits per heavy atom. The summed E-state index contributed by atoms with van der Waals surface area (Å²) in [4.78, 5) is 54.0. The molecule has 1 saturated heterocycles. The van der Waals surface area contributed by atoms with Crippen molar-refractivity contribution in [3.8, 4) is 5.75 Å². The van der Waals surface area contributed by atoms with E-state index in [2.05, 4.69) is 20.9 Å². The standard InChI is InChI=1S/C25H31ClN4O6/c1-35-16-9-15-11-19(28-21(15)17(26)12-16)24(33)29-18(8-13-5-6-13)23(32)30-20(25(34)36-2)10-14-4-3-7-27-22(14)31/h9,11-14,18,20,28H,3-8,10H2,1-2H3,(H,27,31)(H,29,33)(H,30,32)/t14-,18-,20-/m0/s1. The number of methoxy groups -OCH3 is 2. The summed E-state index contributed by atoms with van der Waals surface area (Å²) in [5, 5.41) is 9.41. The summed E-state index contributed by atoms with van der Waals surface area (Å²) < 4.78 is 10.1. The van der Waals surface area contributed by atoms with Gasteiger partial charge >= 0.3 is 5.97 Å². The molecule has 3 amide bonds. The topological polar surface area (TPSA) is 139 Å². The zero-order valence-electron chi connectivity index (χ0n) is 20.3. The molecule has 2 aliphatic rings. The van der Waals surface area contributed by atoms with Crippen LogP contribution in [0.4, 0.5) is 0 Å². The van der Waals surface area contributed by atoms with Crippen molar-refractivity contribution in [3.63, 3.8) is 0 Å². The first kappa shape index (κ1) is 25.8. The minimum absolute atomic E-state index is 0.136. The van der Waals surface area contributed by atoms with Crippen LogP contribution in [0, 0.1) is 11.8 Å². The van der Waals surface area contributed by atoms with E-state index in [0.717, 1.165) is 19.3 Å². The van der Waals surface area contributed by atoms with Crippen LogP contribution in [0.15, 0.2) is 18.2 Å². The van der Waals surface area contributed by atoms with Crippen molar-refractivity contribution >= 4 is 46.2 Å². The minimum atomic E-state index is -0.991. The van der Waals surface area contributed by atoms with Crippen molar-refractivity contribution in [1.82, 2.24) is 20.9 Å². The normalized spacial score (nSPS) is 19.2. The van der Waals surface area contributed by atoms with Gasteiger partial charge in [0.1, 0.15) is 23.5 Å². The average molecular weight is 519 g/mol. The van der Waals surface area contributed by atoms with Crippen molar-refractivity contribution in [2.45, 2.75) is 50.6 Å². The van der Waals surface area contributed by atoms with E-state index in [1.807, 2.05) is 0 Å². The predicted molar refractivity (Wildman–Crippen MR) is 133 cm³/mol. The van der Waals surface area contributed by atoms with Gasteiger partial charge in [0, 0.05) is 23.9 Å². The van der Waals surface area contributed by atoms with E-state index in [-0.39, 0.29) is 18.0 Å². The smallest absolute Gasteiger partial charge is 0.328 e. The SMILES string of the molecule is COC(=O)[C@H](C[C@@H]1CCCNC1=O)NC(=O)[C@H](CC1CC1)NC(=O)c1cc2cc(OC)cc(Cl)c2[nH]1. The van der Waals surface area contributed by atoms with E-state index in [1.165, 1.54) is 14.2 Å². The van der Waals surface area contributed by atoms with Crippen LogP contribution in [0.25, 0.3) is 10.9 Å². The number of hydrogen-bond donors (Lipinski definition) is 4. The molecule has 36 heavy (non-hydrogen) atoms. The molecular weight excluding hydrogens is 488 g/mol. The Morgan fingerprint density at radius 1 is 1.08 bits per heavy atom. The third kappa shape index (κ3) is 6.10. The lowest BCUT2D eigenvalue weighted by Crippen LogP contribution is -2.53. The van der Waals surface area contributed by atoms with E-state index in [9.17, 15) is 19.2 Å². The molecule has 2 heterocycles. The van der Waals surface area contributed by atoms with Crippen LogP contribution >= 0.6 is 11.6 Å². The van der Waals surface area contributed by atoms with Gasteiger partial charge in [-0.05, 0) is 43.7 Å². The highest BCUT2D eigenvalue weighted by molar-refractivity contribution is 6.35. The third-order valence-electron chi connectivity index (χ3n) is 6.74. The quantitative estimate of drug-likeness (QED) is 0.356. The highest BCUT2D eigenvalue weighted by Gasteiger charge is 2.35. The molecule has 0 bridgehead atoms. The fraction of sp³-hybridized carbons (Fsp3) is 0.520. The number of fused-ring (bicyclic) bond motifs is 1. The number of nitrogens with one attached hydrogen (secondary N) is 4. The summed E-state index contributed by atoms with van der Waals surface area (Å²) >= 11 is 6.30. The molecule has 0 unspecified atom stereocenters. The van der Waals surface area contributed by atoms with Crippen LogP contribution in [0.5, 0.6) is 5.75 Å². The second kappa shape index (κ2) is 11.2. The van der Waals surface area contributed by atoms with Crippen LogP contribution in [0.1, 0.15) is 49.0 Å².